The lowest BCUT2D eigenvalue weighted by Crippen LogP contribution is -3.12. The molecular formula is C31H32ClNO3. The smallest absolute Gasteiger partial charge is 0.231 e. The zero-order chi connectivity index (χ0) is 23.6. The van der Waals surface area contributed by atoms with Crippen LogP contribution in [0.25, 0.3) is 22.8 Å². The molecule has 3 aromatic carbocycles. The van der Waals surface area contributed by atoms with Gasteiger partial charge in [0.2, 0.25) is 6.79 Å². The first-order valence-electron chi connectivity index (χ1n) is 13.0. The predicted octanol–water partition coefficient (Wildman–Crippen LogP) is 2.41. The van der Waals surface area contributed by atoms with E-state index in [1.54, 1.807) is 4.90 Å². The van der Waals surface area contributed by atoms with Gasteiger partial charge in [0.05, 0.1) is 19.6 Å². The Kier molecular flexibility index (Phi) is 7.45. The third-order valence-electron chi connectivity index (χ3n) is 7.59. The number of halogens is 1. The van der Waals surface area contributed by atoms with Crippen molar-refractivity contribution in [3.05, 3.63) is 82.9 Å². The molecule has 1 saturated heterocycles. The summed E-state index contributed by atoms with van der Waals surface area (Å²) in [4.78, 5) is 14.8. The summed E-state index contributed by atoms with van der Waals surface area (Å²) in [5, 5.41) is 0. The zero-order valence-corrected chi connectivity index (χ0v) is 21.3. The largest absolute Gasteiger partial charge is 1.00 e. The lowest BCUT2D eigenvalue weighted by atomic mass is 9.97. The summed E-state index contributed by atoms with van der Waals surface area (Å²) in [5.41, 5.74) is 7.80. The highest BCUT2D eigenvalue weighted by Gasteiger charge is 2.24. The number of hydrogen-bond donors (Lipinski definition) is 1. The monoisotopic (exact) mass is 501 g/mol. The van der Waals surface area contributed by atoms with Gasteiger partial charge in [-0.1, -0.05) is 42.5 Å². The fourth-order valence-electron chi connectivity index (χ4n) is 5.71. The minimum absolute atomic E-state index is 0. The number of unbranched alkanes of at least 4 members (excludes halogenated alkanes) is 1. The van der Waals surface area contributed by atoms with Gasteiger partial charge in [-0.05, 0) is 89.8 Å². The number of nitrogens with one attached hydrogen (secondary N) is 1. The molecule has 0 spiro atoms. The van der Waals surface area contributed by atoms with Crippen LogP contribution in [-0.2, 0) is 0 Å². The molecule has 186 valence electrons. The average Bonchev–Trinajstić information content (AvgIpc) is 3.49. The van der Waals surface area contributed by atoms with Crippen molar-refractivity contribution in [3.8, 4) is 22.6 Å². The standard InChI is InChI=1S/C31H31NO3.ClH/c33-29(10-4-7-17-32-15-5-1-6-16-32)23-12-13-26-27(24-8-2-3-9-25(24)28(26)20-23)18-22-11-14-30-31(19-22)35-21-34-30;/h2-3,8-9,11-14,18-20H,1,4-7,10,15-17,21H2;1H. The van der Waals surface area contributed by atoms with Crippen LogP contribution in [0.15, 0.2) is 60.7 Å². The molecule has 2 aliphatic heterocycles. The number of ether oxygens (including phenoxy) is 2. The third-order valence-corrected chi connectivity index (χ3v) is 7.59. The first-order chi connectivity index (χ1) is 17.3. The Labute approximate surface area is 219 Å². The molecule has 0 atom stereocenters. The Bertz CT molecular complexity index is 1290. The van der Waals surface area contributed by atoms with Gasteiger partial charge in [0.15, 0.2) is 17.3 Å². The Morgan fingerprint density at radius 2 is 1.58 bits per heavy atom. The number of benzene rings is 3. The molecule has 36 heavy (non-hydrogen) atoms. The van der Waals surface area contributed by atoms with Gasteiger partial charge in [0.1, 0.15) is 0 Å². The van der Waals surface area contributed by atoms with Gasteiger partial charge >= 0.3 is 0 Å². The number of fused-ring (bicyclic) bond motifs is 4. The molecule has 0 unspecified atom stereocenters. The van der Waals surface area contributed by atoms with Gasteiger partial charge in [-0.3, -0.25) is 4.79 Å². The molecule has 0 saturated carbocycles. The van der Waals surface area contributed by atoms with Gasteiger partial charge in [-0.25, -0.2) is 0 Å². The van der Waals surface area contributed by atoms with Crippen LogP contribution in [0.5, 0.6) is 11.5 Å². The highest BCUT2D eigenvalue weighted by molar-refractivity contribution is 6.08. The van der Waals surface area contributed by atoms with Gasteiger partial charge in [-0.15, -0.1) is 0 Å². The number of rotatable bonds is 7. The van der Waals surface area contributed by atoms with Crippen LogP contribution in [0.4, 0.5) is 0 Å². The van der Waals surface area contributed by atoms with Gasteiger partial charge in [0.25, 0.3) is 0 Å². The molecule has 1 aliphatic carbocycles. The van der Waals surface area contributed by atoms with Gasteiger partial charge < -0.3 is 26.8 Å². The molecule has 0 amide bonds. The zero-order valence-electron chi connectivity index (χ0n) is 20.5. The van der Waals surface area contributed by atoms with Crippen molar-refractivity contribution in [3.63, 3.8) is 0 Å². The number of ketones is 1. The highest BCUT2D eigenvalue weighted by Crippen LogP contribution is 2.46. The van der Waals surface area contributed by atoms with E-state index in [-0.39, 0.29) is 25.0 Å². The van der Waals surface area contributed by atoms with Crippen molar-refractivity contribution in [1.29, 1.82) is 0 Å². The number of carbonyl (C=O) groups excluding carboxylic acids is 1. The summed E-state index contributed by atoms with van der Waals surface area (Å²) in [7, 11) is 0. The summed E-state index contributed by atoms with van der Waals surface area (Å²) in [5.74, 6) is 1.83. The van der Waals surface area contributed by atoms with Crippen LogP contribution >= 0.6 is 0 Å². The molecule has 0 bridgehead atoms. The van der Waals surface area contributed by atoms with E-state index < -0.39 is 0 Å². The summed E-state index contributed by atoms with van der Waals surface area (Å²) in [6.07, 6.45) is 9.05. The van der Waals surface area contributed by atoms with E-state index in [1.807, 2.05) is 18.2 Å². The number of hydrogen-bond acceptors (Lipinski definition) is 3. The number of Topliss-reactive ketones (excluding diaryl/α,β-unsaturated/α-hetero) is 1. The van der Waals surface area contributed by atoms with Crippen LogP contribution in [-0.4, -0.2) is 32.2 Å². The second kappa shape index (κ2) is 10.9. The van der Waals surface area contributed by atoms with E-state index in [0.717, 1.165) is 41.0 Å². The minimum Gasteiger partial charge on any atom is -1.00 e. The fourth-order valence-corrected chi connectivity index (χ4v) is 5.71. The van der Waals surface area contributed by atoms with Crippen LogP contribution < -0.4 is 26.8 Å². The molecule has 3 aromatic rings. The first kappa shape index (κ1) is 24.6. The molecule has 0 radical (unpaired) electrons. The SMILES string of the molecule is O=C(CCCC[NH+]1CCCCC1)c1ccc2c(c1)-c1ccccc1C2=Cc1ccc2c(c1)OCO2.[Cl-]. The molecule has 5 heteroatoms. The third kappa shape index (κ3) is 4.93. The Balaban J connectivity index is 0.00000267. The van der Waals surface area contributed by atoms with Gasteiger partial charge in [-0.2, -0.15) is 0 Å². The van der Waals surface area contributed by atoms with Crippen molar-refractivity contribution >= 4 is 17.4 Å². The lowest BCUT2D eigenvalue weighted by molar-refractivity contribution is -0.905. The molecule has 1 N–H and O–H groups in total. The fraction of sp³-hybridized carbons (Fsp3) is 0.323. The van der Waals surface area contributed by atoms with Crippen molar-refractivity contribution in [2.24, 2.45) is 0 Å². The van der Waals surface area contributed by atoms with Gasteiger partial charge in [0, 0.05) is 12.0 Å². The summed E-state index contributed by atoms with van der Waals surface area (Å²) in [6.45, 7) is 4.09. The molecule has 1 fully saturated rings. The number of likely N-dealkylation sites (tertiary alicyclic amines) is 1. The summed E-state index contributed by atoms with van der Waals surface area (Å²) in [6, 6.07) is 20.8. The quantitative estimate of drug-likeness (QED) is 0.312. The van der Waals surface area contributed by atoms with Crippen LogP contribution in [0.1, 0.15) is 65.6 Å². The van der Waals surface area contributed by atoms with E-state index in [9.17, 15) is 4.79 Å². The van der Waals surface area contributed by atoms with Crippen molar-refractivity contribution < 1.29 is 31.6 Å². The maximum Gasteiger partial charge on any atom is 0.231 e. The molecule has 2 heterocycles. The van der Waals surface area contributed by atoms with Crippen molar-refractivity contribution in [2.75, 3.05) is 26.4 Å². The number of piperidine rings is 1. The van der Waals surface area contributed by atoms with E-state index in [1.165, 1.54) is 61.2 Å². The van der Waals surface area contributed by atoms with E-state index in [4.69, 9.17) is 9.47 Å². The number of quaternary nitrogens is 1. The molecule has 3 aliphatic rings. The Morgan fingerprint density at radius 1 is 0.806 bits per heavy atom. The average molecular weight is 502 g/mol. The second-order valence-electron chi connectivity index (χ2n) is 9.92. The highest BCUT2D eigenvalue weighted by atomic mass is 35.5. The normalized spacial score (nSPS) is 16.9. The predicted molar refractivity (Wildman–Crippen MR) is 139 cm³/mol. The lowest BCUT2D eigenvalue weighted by Gasteiger charge is -2.23. The maximum atomic E-state index is 13.0. The molecule has 4 nitrogen and oxygen atoms in total. The maximum absolute atomic E-state index is 13.0. The van der Waals surface area contributed by atoms with Crippen LogP contribution in [0, 0.1) is 0 Å². The van der Waals surface area contributed by atoms with Crippen molar-refractivity contribution in [2.45, 2.75) is 38.5 Å². The van der Waals surface area contributed by atoms with E-state index in [2.05, 4.69) is 48.5 Å². The summed E-state index contributed by atoms with van der Waals surface area (Å²) < 4.78 is 11.0. The number of carbonyl (C=O) groups is 1. The first-order valence-corrected chi connectivity index (χ1v) is 13.0. The molecular weight excluding hydrogens is 470 g/mol. The van der Waals surface area contributed by atoms with Crippen molar-refractivity contribution in [1.82, 2.24) is 0 Å². The topological polar surface area (TPSA) is 40.0 Å². The molecule has 0 aromatic heterocycles. The van der Waals surface area contributed by atoms with Crippen LogP contribution in [0.2, 0.25) is 0 Å². The molecule has 6 rings (SSSR count). The van der Waals surface area contributed by atoms with E-state index in [0.29, 0.717) is 6.42 Å². The van der Waals surface area contributed by atoms with E-state index >= 15 is 0 Å². The van der Waals surface area contributed by atoms with Crippen LogP contribution in [0.3, 0.4) is 0 Å². The Hall–Kier alpha value is -3.08. The Morgan fingerprint density at radius 3 is 2.44 bits per heavy atom. The summed E-state index contributed by atoms with van der Waals surface area (Å²) >= 11 is 0. The minimum atomic E-state index is 0. The second-order valence-corrected chi connectivity index (χ2v) is 9.92.